The van der Waals surface area contributed by atoms with Crippen LogP contribution in [0.2, 0.25) is 0 Å². The molecule has 1 N–H and O–H groups in total. The number of aryl methyl sites for hydroxylation is 1. The summed E-state index contributed by atoms with van der Waals surface area (Å²) in [5, 5.41) is 3.65. The number of imidazole rings is 1. The van der Waals surface area contributed by atoms with Gasteiger partial charge in [-0.15, -0.1) is 0 Å². The molecule has 0 saturated heterocycles. The minimum absolute atomic E-state index is 0.000987. The van der Waals surface area contributed by atoms with Gasteiger partial charge in [-0.2, -0.15) is 0 Å². The third kappa shape index (κ3) is 3.23. The molecule has 2 rings (SSSR count). The summed E-state index contributed by atoms with van der Waals surface area (Å²) in [4.78, 5) is 4.56. The van der Waals surface area contributed by atoms with E-state index in [4.69, 9.17) is 4.74 Å². The van der Waals surface area contributed by atoms with Crippen LogP contribution < -0.4 is 5.32 Å². The molecule has 1 fully saturated rings. The van der Waals surface area contributed by atoms with Crippen LogP contribution >= 0.6 is 0 Å². The van der Waals surface area contributed by atoms with Crippen molar-refractivity contribution in [3.05, 3.63) is 18.2 Å². The van der Waals surface area contributed by atoms with Crippen LogP contribution in [-0.2, 0) is 17.7 Å². The Morgan fingerprint density at radius 2 is 2.15 bits per heavy atom. The highest BCUT2D eigenvalue weighted by Gasteiger charge is 2.41. The lowest BCUT2D eigenvalue weighted by Gasteiger charge is -2.37. The standard InChI is InChI=1S/C16H29N3O/c1-4-11-19-12-10-18-15(19)13-14(17-5-2)16(20-3)8-6-7-9-16/h10,12,14,17H,4-9,11,13H2,1-3H3. The molecule has 1 aromatic rings. The van der Waals surface area contributed by atoms with Crippen molar-refractivity contribution < 1.29 is 4.74 Å². The van der Waals surface area contributed by atoms with E-state index in [1.54, 1.807) is 0 Å². The number of nitrogens with zero attached hydrogens (tertiary/aromatic N) is 2. The number of ether oxygens (including phenoxy) is 1. The van der Waals surface area contributed by atoms with E-state index in [2.05, 4.69) is 34.9 Å². The van der Waals surface area contributed by atoms with Crippen LogP contribution in [0.5, 0.6) is 0 Å². The molecule has 1 saturated carbocycles. The van der Waals surface area contributed by atoms with Crippen molar-refractivity contribution in [1.29, 1.82) is 0 Å². The zero-order valence-electron chi connectivity index (χ0n) is 13.2. The van der Waals surface area contributed by atoms with E-state index >= 15 is 0 Å². The largest absolute Gasteiger partial charge is 0.377 e. The van der Waals surface area contributed by atoms with Crippen LogP contribution in [0, 0.1) is 0 Å². The molecule has 0 bridgehead atoms. The van der Waals surface area contributed by atoms with Gasteiger partial charge in [-0.25, -0.2) is 4.98 Å². The highest BCUT2D eigenvalue weighted by atomic mass is 16.5. The third-order valence-electron chi connectivity index (χ3n) is 4.59. The van der Waals surface area contributed by atoms with E-state index in [9.17, 15) is 0 Å². The summed E-state index contributed by atoms with van der Waals surface area (Å²) >= 11 is 0. The molecule has 114 valence electrons. The molecule has 1 aliphatic rings. The topological polar surface area (TPSA) is 39.1 Å². The predicted molar refractivity (Wildman–Crippen MR) is 81.9 cm³/mol. The van der Waals surface area contributed by atoms with Crippen LogP contribution in [-0.4, -0.2) is 34.8 Å². The molecule has 1 heterocycles. The van der Waals surface area contributed by atoms with Gasteiger partial charge in [0.1, 0.15) is 5.82 Å². The van der Waals surface area contributed by atoms with Crippen LogP contribution in [0.3, 0.4) is 0 Å². The number of hydrogen-bond acceptors (Lipinski definition) is 3. The lowest BCUT2D eigenvalue weighted by Crippen LogP contribution is -2.52. The molecule has 4 nitrogen and oxygen atoms in total. The molecular formula is C16H29N3O. The Morgan fingerprint density at radius 3 is 2.75 bits per heavy atom. The number of aromatic nitrogens is 2. The number of methoxy groups -OCH3 is 1. The minimum Gasteiger partial charge on any atom is -0.377 e. The Kier molecular flexibility index (Phi) is 5.61. The van der Waals surface area contributed by atoms with Gasteiger partial charge in [-0.3, -0.25) is 0 Å². The van der Waals surface area contributed by atoms with Gasteiger partial charge in [0.2, 0.25) is 0 Å². The maximum absolute atomic E-state index is 5.96. The average Bonchev–Trinajstić information content (AvgIpc) is 3.09. The first-order valence-electron chi connectivity index (χ1n) is 8.04. The van der Waals surface area contributed by atoms with Crippen molar-refractivity contribution in [2.24, 2.45) is 0 Å². The van der Waals surface area contributed by atoms with Crippen molar-refractivity contribution in [2.75, 3.05) is 13.7 Å². The quantitative estimate of drug-likeness (QED) is 0.795. The summed E-state index contributed by atoms with van der Waals surface area (Å²) in [5.74, 6) is 1.18. The van der Waals surface area contributed by atoms with E-state index in [0.717, 1.165) is 38.8 Å². The van der Waals surface area contributed by atoms with Gasteiger partial charge in [0.05, 0.1) is 5.60 Å². The Labute approximate surface area is 122 Å². The Hall–Kier alpha value is -0.870. The zero-order chi connectivity index (χ0) is 14.4. The fourth-order valence-electron chi connectivity index (χ4n) is 3.52. The summed E-state index contributed by atoms with van der Waals surface area (Å²) < 4.78 is 8.24. The molecule has 1 unspecified atom stereocenters. The van der Waals surface area contributed by atoms with E-state index in [0.29, 0.717) is 6.04 Å². The number of hydrogen-bond donors (Lipinski definition) is 1. The van der Waals surface area contributed by atoms with Gasteiger partial charge < -0.3 is 14.6 Å². The van der Waals surface area contributed by atoms with Crippen molar-refractivity contribution in [3.63, 3.8) is 0 Å². The van der Waals surface area contributed by atoms with Gasteiger partial charge in [0.25, 0.3) is 0 Å². The highest BCUT2D eigenvalue weighted by Crippen LogP contribution is 2.36. The van der Waals surface area contributed by atoms with Gasteiger partial charge in [0, 0.05) is 38.5 Å². The average molecular weight is 279 g/mol. The minimum atomic E-state index is -0.000987. The van der Waals surface area contributed by atoms with E-state index in [1.807, 2.05) is 13.3 Å². The SMILES string of the molecule is CCCn1ccnc1CC(NCC)C1(OC)CCCC1. The van der Waals surface area contributed by atoms with Gasteiger partial charge in [-0.05, 0) is 25.8 Å². The van der Waals surface area contributed by atoms with Crippen molar-refractivity contribution >= 4 is 0 Å². The monoisotopic (exact) mass is 279 g/mol. The van der Waals surface area contributed by atoms with Crippen molar-refractivity contribution in [3.8, 4) is 0 Å². The molecule has 1 atom stereocenters. The Bertz CT molecular complexity index is 396. The van der Waals surface area contributed by atoms with Gasteiger partial charge >= 0.3 is 0 Å². The smallest absolute Gasteiger partial charge is 0.110 e. The van der Waals surface area contributed by atoms with Gasteiger partial charge in [0.15, 0.2) is 0 Å². The van der Waals surface area contributed by atoms with Crippen molar-refractivity contribution in [2.45, 2.75) is 70.6 Å². The molecule has 1 aromatic heterocycles. The predicted octanol–water partition coefficient (Wildman–Crippen LogP) is 2.77. The maximum Gasteiger partial charge on any atom is 0.110 e. The number of rotatable bonds is 8. The second-order valence-electron chi connectivity index (χ2n) is 5.83. The fourth-order valence-corrected chi connectivity index (χ4v) is 3.52. The summed E-state index contributed by atoms with van der Waals surface area (Å²) in [6.07, 6.45) is 11.0. The zero-order valence-corrected chi connectivity index (χ0v) is 13.2. The summed E-state index contributed by atoms with van der Waals surface area (Å²) in [5.41, 5.74) is -0.000987. The fraction of sp³-hybridized carbons (Fsp3) is 0.812. The number of nitrogens with one attached hydrogen (secondary N) is 1. The normalized spacial score (nSPS) is 19.4. The van der Waals surface area contributed by atoms with Crippen LogP contribution in [0.4, 0.5) is 0 Å². The second-order valence-corrected chi connectivity index (χ2v) is 5.83. The van der Waals surface area contributed by atoms with Crippen LogP contribution in [0.1, 0.15) is 51.8 Å². The third-order valence-corrected chi connectivity index (χ3v) is 4.59. The van der Waals surface area contributed by atoms with Crippen molar-refractivity contribution in [1.82, 2.24) is 14.9 Å². The molecule has 20 heavy (non-hydrogen) atoms. The molecule has 1 aliphatic carbocycles. The molecular weight excluding hydrogens is 250 g/mol. The lowest BCUT2D eigenvalue weighted by atomic mass is 9.89. The van der Waals surface area contributed by atoms with Gasteiger partial charge in [-0.1, -0.05) is 26.7 Å². The highest BCUT2D eigenvalue weighted by molar-refractivity contribution is 5.04. The van der Waals surface area contributed by atoms with E-state index in [-0.39, 0.29) is 5.60 Å². The lowest BCUT2D eigenvalue weighted by molar-refractivity contribution is -0.0357. The summed E-state index contributed by atoms with van der Waals surface area (Å²) in [6, 6.07) is 0.359. The maximum atomic E-state index is 5.96. The molecule has 0 spiro atoms. The first-order chi connectivity index (χ1) is 9.75. The number of likely N-dealkylation sites (N-methyl/N-ethyl adjacent to an activating group) is 1. The molecule has 0 amide bonds. The Balaban J connectivity index is 2.14. The summed E-state index contributed by atoms with van der Waals surface area (Å²) in [7, 11) is 1.87. The first kappa shape index (κ1) is 15.5. The van der Waals surface area contributed by atoms with Crippen LogP contribution in [0.15, 0.2) is 12.4 Å². The molecule has 0 aliphatic heterocycles. The molecule has 4 heteroatoms. The molecule has 0 radical (unpaired) electrons. The van der Waals surface area contributed by atoms with E-state index in [1.165, 1.54) is 18.7 Å². The Morgan fingerprint density at radius 1 is 1.40 bits per heavy atom. The van der Waals surface area contributed by atoms with Crippen LogP contribution in [0.25, 0.3) is 0 Å². The second kappa shape index (κ2) is 7.23. The molecule has 0 aromatic carbocycles. The first-order valence-corrected chi connectivity index (χ1v) is 8.04. The summed E-state index contributed by atoms with van der Waals surface area (Å²) in [6.45, 7) is 6.40. The van der Waals surface area contributed by atoms with E-state index < -0.39 is 0 Å².